The fourth-order valence-corrected chi connectivity index (χ4v) is 4.65. The van der Waals surface area contributed by atoms with Gasteiger partial charge in [0.25, 0.3) is 10.0 Å². The lowest BCUT2D eigenvalue weighted by molar-refractivity contribution is -0.114. The van der Waals surface area contributed by atoms with E-state index in [2.05, 4.69) is 5.32 Å². The molecule has 3 rings (SSSR count). The van der Waals surface area contributed by atoms with Crippen molar-refractivity contribution in [3.63, 3.8) is 0 Å². The molecule has 0 atom stereocenters. The van der Waals surface area contributed by atoms with Crippen LogP contribution in [0.25, 0.3) is 0 Å². The third kappa shape index (κ3) is 5.10. The maximum atomic E-state index is 13.3. The van der Waals surface area contributed by atoms with Crippen LogP contribution in [0.4, 0.5) is 11.4 Å². The zero-order chi connectivity index (χ0) is 22.4. The lowest BCUT2D eigenvalue weighted by Gasteiger charge is -2.25. The van der Waals surface area contributed by atoms with E-state index in [-0.39, 0.29) is 15.6 Å². The minimum Gasteiger partial charge on any atom is -0.497 e. The second-order valence-corrected chi connectivity index (χ2v) is 8.66. The van der Waals surface area contributed by atoms with Crippen LogP contribution in [0.5, 0.6) is 11.5 Å². The summed E-state index contributed by atoms with van der Waals surface area (Å²) in [4.78, 5) is 12.9. The number of benzene rings is 3. The Morgan fingerprint density at radius 1 is 0.968 bits per heavy atom. The molecule has 1 N–H and O–H groups in total. The van der Waals surface area contributed by atoms with Crippen LogP contribution in [0.2, 0.25) is 5.02 Å². The van der Waals surface area contributed by atoms with Gasteiger partial charge in [-0.25, -0.2) is 8.42 Å². The second kappa shape index (κ2) is 9.72. The van der Waals surface area contributed by atoms with Crippen molar-refractivity contribution in [1.82, 2.24) is 0 Å². The predicted octanol–water partition coefficient (Wildman–Crippen LogP) is 4.19. The highest BCUT2D eigenvalue weighted by atomic mass is 35.5. The Morgan fingerprint density at radius 2 is 1.65 bits per heavy atom. The van der Waals surface area contributed by atoms with E-state index in [9.17, 15) is 13.2 Å². The van der Waals surface area contributed by atoms with Crippen LogP contribution in [0.15, 0.2) is 77.7 Å². The first-order valence-electron chi connectivity index (χ1n) is 9.21. The molecule has 162 valence electrons. The Kier molecular flexibility index (Phi) is 7.04. The van der Waals surface area contributed by atoms with Crippen LogP contribution in [0.3, 0.4) is 0 Å². The van der Waals surface area contributed by atoms with Crippen LogP contribution in [0, 0.1) is 0 Å². The van der Waals surface area contributed by atoms with Gasteiger partial charge in [0.05, 0.1) is 35.5 Å². The van der Waals surface area contributed by atoms with Crippen LogP contribution < -0.4 is 19.1 Å². The molecule has 3 aromatic rings. The average Bonchev–Trinajstić information content (AvgIpc) is 2.78. The van der Waals surface area contributed by atoms with Gasteiger partial charge in [-0.05, 0) is 36.4 Å². The number of para-hydroxylation sites is 1. The van der Waals surface area contributed by atoms with E-state index in [4.69, 9.17) is 21.1 Å². The molecule has 31 heavy (non-hydrogen) atoms. The molecule has 0 unspecified atom stereocenters. The van der Waals surface area contributed by atoms with Gasteiger partial charge in [-0.2, -0.15) is 0 Å². The minimum absolute atomic E-state index is 0.0432. The van der Waals surface area contributed by atoms with Crippen LogP contribution in [-0.2, 0) is 14.8 Å². The smallest absolute Gasteiger partial charge is 0.264 e. The summed E-state index contributed by atoms with van der Waals surface area (Å²) in [5, 5.41) is 2.89. The molecule has 0 fully saturated rings. The number of hydrogen-bond acceptors (Lipinski definition) is 5. The number of anilines is 2. The Morgan fingerprint density at radius 3 is 2.29 bits per heavy atom. The summed E-state index contributed by atoms with van der Waals surface area (Å²) in [6.07, 6.45) is 0. The number of sulfonamides is 1. The van der Waals surface area contributed by atoms with Crippen LogP contribution in [0.1, 0.15) is 0 Å². The van der Waals surface area contributed by atoms with Crippen molar-refractivity contribution in [3.05, 3.63) is 77.8 Å². The molecule has 0 saturated carbocycles. The van der Waals surface area contributed by atoms with E-state index in [0.29, 0.717) is 17.2 Å². The molecular formula is C22H21ClN2O5S. The topological polar surface area (TPSA) is 84.9 Å². The predicted molar refractivity (Wildman–Crippen MR) is 121 cm³/mol. The molecule has 0 bridgehead atoms. The Labute approximate surface area is 186 Å². The van der Waals surface area contributed by atoms with Gasteiger partial charge >= 0.3 is 0 Å². The number of methoxy groups -OCH3 is 2. The maximum Gasteiger partial charge on any atom is 0.264 e. The van der Waals surface area contributed by atoms with Gasteiger partial charge in [0, 0.05) is 6.07 Å². The standard InChI is InChI=1S/C22H21ClN2O5S/c1-29-16-12-13-21(30-2)19(14-16)24-22(26)15-25(20-11-7-6-10-18(20)23)31(27,28)17-8-4-3-5-9-17/h3-14H,15H2,1-2H3,(H,24,26). The third-order valence-corrected chi connectivity index (χ3v) is 6.51. The SMILES string of the molecule is COc1ccc(OC)c(NC(=O)CN(c2ccccc2Cl)S(=O)(=O)c2ccccc2)c1. The zero-order valence-corrected chi connectivity index (χ0v) is 18.5. The Hall–Kier alpha value is -3.23. The Balaban J connectivity index is 1.97. The number of halogens is 1. The lowest BCUT2D eigenvalue weighted by Crippen LogP contribution is -2.38. The van der Waals surface area contributed by atoms with E-state index in [1.54, 1.807) is 60.7 Å². The van der Waals surface area contributed by atoms with Crippen molar-refractivity contribution in [2.24, 2.45) is 0 Å². The summed E-state index contributed by atoms with van der Waals surface area (Å²) in [7, 11) is -1.10. The van der Waals surface area contributed by atoms with Gasteiger partial charge in [0.15, 0.2) is 0 Å². The molecule has 0 aromatic heterocycles. The fraction of sp³-hybridized carbons (Fsp3) is 0.136. The average molecular weight is 461 g/mol. The van der Waals surface area contributed by atoms with E-state index in [1.807, 2.05) is 0 Å². The van der Waals surface area contributed by atoms with Crippen LogP contribution in [-0.4, -0.2) is 35.1 Å². The summed E-state index contributed by atoms with van der Waals surface area (Å²) in [6.45, 7) is -0.499. The number of carbonyl (C=O) groups excluding carboxylic acids is 1. The number of rotatable bonds is 8. The van der Waals surface area contributed by atoms with Crippen molar-refractivity contribution < 1.29 is 22.7 Å². The van der Waals surface area contributed by atoms with Crippen molar-refractivity contribution in [1.29, 1.82) is 0 Å². The molecule has 1 amide bonds. The highest BCUT2D eigenvalue weighted by molar-refractivity contribution is 7.92. The van der Waals surface area contributed by atoms with Gasteiger partial charge in [-0.3, -0.25) is 9.10 Å². The van der Waals surface area contributed by atoms with Gasteiger partial charge in [-0.15, -0.1) is 0 Å². The molecular weight excluding hydrogens is 440 g/mol. The highest BCUT2D eigenvalue weighted by Gasteiger charge is 2.28. The number of carbonyl (C=O) groups is 1. The first-order chi connectivity index (χ1) is 14.9. The van der Waals surface area contributed by atoms with Crippen molar-refractivity contribution in [2.45, 2.75) is 4.90 Å². The molecule has 0 aliphatic rings. The molecule has 0 aliphatic heterocycles. The van der Waals surface area contributed by atoms with Gasteiger partial charge in [0.2, 0.25) is 5.91 Å². The molecule has 0 spiro atoms. The molecule has 3 aromatic carbocycles. The quantitative estimate of drug-likeness (QED) is 0.544. The van der Waals surface area contributed by atoms with Gasteiger partial charge in [-0.1, -0.05) is 41.9 Å². The van der Waals surface area contributed by atoms with Gasteiger partial charge < -0.3 is 14.8 Å². The first kappa shape index (κ1) is 22.5. The normalized spacial score (nSPS) is 10.9. The van der Waals surface area contributed by atoms with E-state index in [1.165, 1.54) is 26.4 Å². The first-order valence-corrected chi connectivity index (χ1v) is 11.0. The number of hydrogen-bond donors (Lipinski definition) is 1. The summed E-state index contributed by atoms with van der Waals surface area (Å²) in [6, 6.07) is 19.2. The molecule has 0 aliphatic carbocycles. The highest BCUT2D eigenvalue weighted by Crippen LogP contribution is 2.32. The fourth-order valence-electron chi connectivity index (χ4n) is 2.91. The monoisotopic (exact) mass is 460 g/mol. The zero-order valence-electron chi connectivity index (χ0n) is 16.9. The molecule has 0 radical (unpaired) electrons. The lowest BCUT2D eigenvalue weighted by atomic mass is 10.2. The number of amides is 1. The molecule has 0 heterocycles. The number of ether oxygens (including phenoxy) is 2. The van der Waals surface area contributed by atoms with E-state index < -0.39 is 22.5 Å². The van der Waals surface area contributed by atoms with Crippen molar-refractivity contribution in [3.8, 4) is 11.5 Å². The second-order valence-electron chi connectivity index (χ2n) is 6.39. The van der Waals surface area contributed by atoms with Gasteiger partial charge in [0.1, 0.15) is 18.0 Å². The largest absolute Gasteiger partial charge is 0.497 e. The Bertz CT molecular complexity index is 1170. The minimum atomic E-state index is -4.06. The molecule has 0 saturated heterocycles. The van der Waals surface area contributed by atoms with E-state index >= 15 is 0 Å². The molecule has 7 nitrogen and oxygen atoms in total. The van der Waals surface area contributed by atoms with Crippen molar-refractivity contribution >= 4 is 38.9 Å². The van der Waals surface area contributed by atoms with Crippen LogP contribution >= 0.6 is 11.6 Å². The van der Waals surface area contributed by atoms with Crippen molar-refractivity contribution in [2.75, 3.05) is 30.4 Å². The number of nitrogens with one attached hydrogen (secondary N) is 1. The summed E-state index contributed by atoms with van der Waals surface area (Å²) in [5.41, 5.74) is 0.545. The summed E-state index contributed by atoms with van der Waals surface area (Å²) >= 11 is 6.27. The molecule has 9 heteroatoms. The number of nitrogens with zero attached hydrogens (tertiary/aromatic N) is 1. The maximum absolute atomic E-state index is 13.3. The summed E-state index contributed by atoms with van der Waals surface area (Å²) < 4.78 is 38.1. The summed E-state index contributed by atoms with van der Waals surface area (Å²) in [5.74, 6) is 0.339. The third-order valence-electron chi connectivity index (χ3n) is 4.42. The van der Waals surface area contributed by atoms with E-state index in [0.717, 1.165) is 4.31 Å².